The van der Waals surface area contributed by atoms with Crippen molar-refractivity contribution in [2.24, 2.45) is 5.73 Å². The summed E-state index contributed by atoms with van der Waals surface area (Å²) < 4.78 is 20.5. The fourth-order valence-corrected chi connectivity index (χ4v) is 4.50. The summed E-state index contributed by atoms with van der Waals surface area (Å²) in [5, 5.41) is 6.20. The summed E-state index contributed by atoms with van der Waals surface area (Å²) in [5.74, 6) is -0.991. The van der Waals surface area contributed by atoms with Crippen molar-refractivity contribution in [3.63, 3.8) is 0 Å². The molecule has 2 heterocycles. The van der Waals surface area contributed by atoms with Crippen molar-refractivity contribution in [1.82, 2.24) is 25.6 Å². The van der Waals surface area contributed by atoms with Crippen molar-refractivity contribution in [3.8, 4) is 11.6 Å². The van der Waals surface area contributed by atoms with Gasteiger partial charge in [0.05, 0.1) is 11.4 Å². The number of carbonyl (C=O) groups excluding carboxylic acids is 2. The predicted molar refractivity (Wildman–Crippen MR) is 125 cm³/mol. The summed E-state index contributed by atoms with van der Waals surface area (Å²) in [6, 6.07) is 3.50. The largest absolute Gasteiger partial charge is 0.435 e. The number of fused-ring (bicyclic) bond motifs is 1. The SMILES string of the molecule is CNC(=O)C1(NC(=O)C(N)Cc2ccc(Oc3ncnc4[nH]cc(C)c34)c(F)c2)CCCCC1. The lowest BCUT2D eigenvalue weighted by atomic mass is 9.80. The molecular weight excluding hydrogens is 439 g/mol. The van der Waals surface area contributed by atoms with Crippen molar-refractivity contribution in [1.29, 1.82) is 0 Å². The van der Waals surface area contributed by atoms with Gasteiger partial charge in [-0.3, -0.25) is 9.59 Å². The number of hydrogen-bond acceptors (Lipinski definition) is 6. The molecule has 2 amide bonds. The van der Waals surface area contributed by atoms with E-state index in [2.05, 4.69) is 25.6 Å². The van der Waals surface area contributed by atoms with E-state index in [0.29, 0.717) is 29.4 Å². The second kappa shape index (κ2) is 9.76. The van der Waals surface area contributed by atoms with Gasteiger partial charge in [-0.1, -0.05) is 25.3 Å². The van der Waals surface area contributed by atoms with Gasteiger partial charge in [0.1, 0.15) is 17.5 Å². The Kier molecular flexibility index (Phi) is 6.78. The summed E-state index contributed by atoms with van der Waals surface area (Å²) in [6.07, 6.45) is 7.12. The lowest BCUT2D eigenvalue weighted by Gasteiger charge is -2.37. The number of nitrogens with one attached hydrogen (secondary N) is 3. The maximum Gasteiger partial charge on any atom is 0.245 e. The molecule has 4 rings (SSSR count). The van der Waals surface area contributed by atoms with Crippen LogP contribution in [-0.2, 0) is 16.0 Å². The third-order valence-corrected chi connectivity index (χ3v) is 6.36. The number of aromatic amines is 1. The first kappa shape index (κ1) is 23.6. The average molecular weight is 469 g/mol. The number of likely N-dealkylation sites (N-methyl/N-ethyl adjacent to an activating group) is 1. The van der Waals surface area contributed by atoms with Gasteiger partial charge in [0.15, 0.2) is 11.6 Å². The first-order chi connectivity index (χ1) is 16.3. The molecule has 1 aromatic carbocycles. The van der Waals surface area contributed by atoms with Crippen LogP contribution in [0, 0.1) is 12.7 Å². The molecular formula is C24H29FN6O3. The molecule has 9 nitrogen and oxygen atoms in total. The summed E-state index contributed by atoms with van der Waals surface area (Å²) in [4.78, 5) is 36.6. The van der Waals surface area contributed by atoms with E-state index >= 15 is 0 Å². The highest BCUT2D eigenvalue weighted by Gasteiger charge is 2.41. The number of hydrogen-bond donors (Lipinski definition) is 4. The average Bonchev–Trinajstić information content (AvgIpc) is 3.22. The van der Waals surface area contributed by atoms with Crippen molar-refractivity contribution in [2.75, 3.05) is 7.05 Å². The van der Waals surface area contributed by atoms with Crippen molar-refractivity contribution in [3.05, 3.63) is 47.7 Å². The van der Waals surface area contributed by atoms with Crippen molar-refractivity contribution < 1.29 is 18.7 Å². The number of ether oxygens (including phenoxy) is 1. The van der Waals surface area contributed by atoms with E-state index in [1.807, 2.05) is 6.92 Å². The van der Waals surface area contributed by atoms with E-state index in [1.54, 1.807) is 19.3 Å². The molecule has 1 saturated carbocycles. The van der Waals surface area contributed by atoms with E-state index in [1.165, 1.54) is 18.5 Å². The number of aromatic nitrogens is 3. The van der Waals surface area contributed by atoms with Crippen LogP contribution >= 0.6 is 0 Å². The van der Waals surface area contributed by atoms with E-state index < -0.39 is 23.3 Å². The van der Waals surface area contributed by atoms with Crippen LogP contribution in [-0.4, -0.2) is 45.4 Å². The zero-order valence-electron chi connectivity index (χ0n) is 19.3. The summed E-state index contributed by atoms with van der Waals surface area (Å²) in [7, 11) is 1.56. The Morgan fingerprint density at radius 2 is 2.03 bits per heavy atom. The highest BCUT2D eigenvalue weighted by molar-refractivity contribution is 5.93. The second-order valence-electron chi connectivity index (χ2n) is 8.76. The van der Waals surface area contributed by atoms with Gasteiger partial charge in [-0.2, -0.15) is 0 Å². The number of H-pyrrole nitrogens is 1. The lowest BCUT2D eigenvalue weighted by Crippen LogP contribution is -2.62. The molecule has 1 fully saturated rings. The number of nitrogens with zero attached hydrogens (tertiary/aromatic N) is 2. The molecule has 0 saturated heterocycles. The Labute approximate surface area is 196 Å². The number of nitrogens with two attached hydrogens (primary N) is 1. The van der Waals surface area contributed by atoms with Gasteiger partial charge in [-0.05, 0) is 49.4 Å². The Morgan fingerprint density at radius 1 is 1.26 bits per heavy atom. The minimum atomic E-state index is -0.941. The maximum absolute atomic E-state index is 14.8. The Morgan fingerprint density at radius 3 is 2.74 bits per heavy atom. The topological polar surface area (TPSA) is 135 Å². The standard InChI is InChI=1S/C24H29FN6O3/c1-14-12-28-20-19(14)22(30-13-29-20)34-18-7-6-15(10-16(18)25)11-17(26)21(32)31-24(23(33)27-2)8-4-3-5-9-24/h6-7,10,12-13,17H,3-5,8-9,11,26H2,1-2H3,(H,27,33)(H,31,32)(H,28,29,30). The summed E-state index contributed by atoms with van der Waals surface area (Å²) >= 11 is 0. The van der Waals surface area contributed by atoms with Gasteiger partial charge < -0.3 is 26.1 Å². The molecule has 1 unspecified atom stereocenters. The maximum atomic E-state index is 14.8. The minimum absolute atomic E-state index is 0.00292. The van der Waals surface area contributed by atoms with Gasteiger partial charge >= 0.3 is 0 Å². The van der Waals surface area contributed by atoms with Gasteiger partial charge in [0.2, 0.25) is 17.7 Å². The monoisotopic (exact) mass is 468 g/mol. The van der Waals surface area contributed by atoms with E-state index in [4.69, 9.17) is 10.5 Å². The second-order valence-corrected chi connectivity index (χ2v) is 8.76. The van der Waals surface area contributed by atoms with Gasteiger partial charge in [0.25, 0.3) is 0 Å². The van der Waals surface area contributed by atoms with Crippen LogP contribution in [0.15, 0.2) is 30.7 Å². The van der Waals surface area contributed by atoms with Crippen LogP contribution in [0.4, 0.5) is 4.39 Å². The van der Waals surface area contributed by atoms with E-state index in [9.17, 15) is 14.0 Å². The normalized spacial score (nSPS) is 16.1. The Bertz CT molecular complexity index is 1200. The van der Waals surface area contributed by atoms with E-state index in [-0.39, 0.29) is 24.0 Å². The van der Waals surface area contributed by atoms with Crippen LogP contribution in [0.25, 0.3) is 11.0 Å². The molecule has 10 heteroatoms. The van der Waals surface area contributed by atoms with Crippen LogP contribution in [0.3, 0.4) is 0 Å². The third-order valence-electron chi connectivity index (χ3n) is 6.36. The van der Waals surface area contributed by atoms with Crippen molar-refractivity contribution >= 4 is 22.8 Å². The molecule has 1 aliphatic carbocycles. The summed E-state index contributed by atoms with van der Waals surface area (Å²) in [6.45, 7) is 1.88. The fraction of sp³-hybridized carbons (Fsp3) is 0.417. The highest BCUT2D eigenvalue weighted by atomic mass is 19.1. The Balaban J connectivity index is 1.45. The molecule has 1 atom stereocenters. The molecule has 0 bridgehead atoms. The number of aryl methyl sites for hydroxylation is 1. The molecule has 2 aromatic heterocycles. The molecule has 1 aliphatic rings. The fourth-order valence-electron chi connectivity index (χ4n) is 4.50. The minimum Gasteiger partial charge on any atom is -0.435 e. The predicted octanol–water partition coefficient (Wildman–Crippen LogP) is 2.63. The molecule has 180 valence electrons. The van der Waals surface area contributed by atoms with Crippen LogP contribution < -0.4 is 21.1 Å². The first-order valence-corrected chi connectivity index (χ1v) is 11.4. The molecule has 5 N–H and O–H groups in total. The number of rotatable bonds is 7. The lowest BCUT2D eigenvalue weighted by molar-refractivity contribution is -0.135. The molecule has 0 spiro atoms. The zero-order chi connectivity index (χ0) is 24.3. The van der Waals surface area contributed by atoms with Crippen LogP contribution in [0.2, 0.25) is 0 Å². The molecule has 0 radical (unpaired) electrons. The quantitative estimate of drug-likeness (QED) is 0.421. The molecule has 34 heavy (non-hydrogen) atoms. The van der Waals surface area contributed by atoms with E-state index in [0.717, 1.165) is 24.8 Å². The van der Waals surface area contributed by atoms with Gasteiger partial charge in [0, 0.05) is 13.2 Å². The van der Waals surface area contributed by atoms with Crippen LogP contribution in [0.1, 0.15) is 43.2 Å². The number of carbonyl (C=O) groups is 2. The number of amides is 2. The zero-order valence-corrected chi connectivity index (χ0v) is 19.3. The molecule has 0 aliphatic heterocycles. The Hall–Kier alpha value is -3.53. The first-order valence-electron chi connectivity index (χ1n) is 11.4. The van der Waals surface area contributed by atoms with Gasteiger partial charge in [-0.25, -0.2) is 14.4 Å². The smallest absolute Gasteiger partial charge is 0.245 e. The van der Waals surface area contributed by atoms with Gasteiger partial charge in [-0.15, -0.1) is 0 Å². The van der Waals surface area contributed by atoms with Crippen LogP contribution in [0.5, 0.6) is 11.6 Å². The van der Waals surface area contributed by atoms with Crippen molar-refractivity contribution in [2.45, 2.75) is 57.0 Å². The molecule has 3 aromatic rings. The highest BCUT2D eigenvalue weighted by Crippen LogP contribution is 2.31. The third kappa shape index (κ3) is 4.72. The number of benzene rings is 1. The number of halogens is 1. The summed E-state index contributed by atoms with van der Waals surface area (Å²) in [5.41, 5.74) is 7.21.